The van der Waals surface area contributed by atoms with E-state index in [0.717, 1.165) is 87.9 Å². The molecule has 5 heterocycles. The molecule has 0 unspecified atom stereocenters. The Morgan fingerprint density at radius 1 is 0.326 bits per heavy atom. The zero-order valence-corrected chi connectivity index (χ0v) is 24.6. The van der Waals surface area contributed by atoms with E-state index in [2.05, 4.69) is 143 Å². The van der Waals surface area contributed by atoms with Gasteiger partial charge in [-0.05, 0) is 34.4 Å². The number of hydrogen-bond donors (Lipinski definition) is 2. The van der Waals surface area contributed by atoms with E-state index in [4.69, 9.17) is 9.97 Å². The lowest BCUT2D eigenvalue weighted by Gasteiger charge is -2.13. The van der Waals surface area contributed by atoms with Crippen molar-refractivity contribution in [3.63, 3.8) is 0 Å². The van der Waals surface area contributed by atoms with Crippen LogP contribution in [0.4, 0.5) is 0 Å². The quantitative estimate of drug-likeness (QED) is 0.199. The van der Waals surface area contributed by atoms with Crippen LogP contribution in [0.3, 0.4) is 0 Å². The van der Waals surface area contributed by atoms with Crippen LogP contribution in [0.1, 0.15) is 0 Å². The Morgan fingerprint density at radius 2 is 0.717 bits per heavy atom. The number of hydrogen-bond acceptors (Lipinski definition) is 2. The van der Waals surface area contributed by atoms with Gasteiger partial charge in [0.25, 0.3) is 0 Å². The van der Waals surface area contributed by atoms with Gasteiger partial charge >= 0.3 is 0 Å². The van der Waals surface area contributed by atoms with Gasteiger partial charge in [0.15, 0.2) is 0 Å². The minimum absolute atomic E-state index is 0.904. The lowest BCUT2D eigenvalue weighted by atomic mass is 9.95. The summed E-state index contributed by atoms with van der Waals surface area (Å²) in [5.74, 6) is 0. The van der Waals surface area contributed by atoms with E-state index in [0.29, 0.717) is 0 Å². The summed E-state index contributed by atoms with van der Waals surface area (Å²) in [7, 11) is 0. The predicted molar refractivity (Wildman–Crippen MR) is 193 cm³/mol. The molecule has 4 nitrogen and oxygen atoms in total. The minimum Gasteiger partial charge on any atom is -0.352 e. The SMILES string of the molecule is c1ccc(-c2cc3nc4c2ccc2c(-c5ccccc5)cc(nc24)c2cccc4c5ccc6c7cccc3c7[nH]c6c5[nH]c24)cc1. The number of aromatic nitrogens is 4. The summed E-state index contributed by atoms with van der Waals surface area (Å²) >= 11 is 0. The van der Waals surface area contributed by atoms with Crippen LogP contribution in [0.15, 0.2) is 133 Å². The van der Waals surface area contributed by atoms with E-state index in [-0.39, 0.29) is 0 Å². The summed E-state index contributed by atoms with van der Waals surface area (Å²) in [6.07, 6.45) is 0. The smallest absolute Gasteiger partial charge is 0.0978 e. The summed E-state index contributed by atoms with van der Waals surface area (Å²) in [6.45, 7) is 0. The normalized spacial score (nSPS) is 12.3. The highest BCUT2D eigenvalue weighted by molar-refractivity contribution is 6.27. The van der Waals surface area contributed by atoms with Crippen LogP contribution in [0.5, 0.6) is 0 Å². The topological polar surface area (TPSA) is 57.4 Å². The van der Waals surface area contributed by atoms with Crippen LogP contribution in [0.2, 0.25) is 0 Å². The Labute approximate surface area is 262 Å². The van der Waals surface area contributed by atoms with Crippen molar-refractivity contribution in [3.8, 4) is 22.3 Å². The number of benzene rings is 6. The molecule has 0 aliphatic heterocycles. The Balaban J connectivity index is 1.48. The number of H-pyrrole nitrogens is 2. The molecule has 0 aliphatic rings. The number of para-hydroxylation sites is 2. The summed E-state index contributed by atoms with van der Waals surface area (Å²) in [6, 6.07) is 47.9. The number of pyridine rings is 2. The van der Waals surface area contributed by atoms with E-state index in [1.54, 1.807) is 0 Å². The molecule has 0 atom stereocenters. The van der Waals surface area contributed by atoms with Crippen LogP contribution < -0.4 is 0 Å². The molecule has 46 heavy (non-hydrogen) atoms. The van der Waals surface area contributed by atoms with Crippen molar-refractivity contribution in [3.05, 3.63) is 133 Å². The predicted octanol–water partition coefficient (Wildman–Crippen LogP) is 11.1. The second-order valence-electron chi connectivity index (χ2n) is 12.3. The molecule has 0 fully saturated rings. The third-order valence-corrected chi connectivity index (χ3v) is 9.89. The van der Waals surface area contributed by atoms with E-state index < -0.39 is 0 Å². The van der Waals surface area contributed by atoms with E-state index in [1.165, 1.54) is 21.5 Å². The van der Waals surface area contributed by atoms with Crippen molar-refractivity contribution < 1.29 is 0 Å². The zero-order valence-electron chi connectivity index (χ0n) is 24.6. The van der Waals surface area contributed by atoms with Gasteiger partial charge in [-0.1, -0.05) is 121 Å². The van der Waals surface area contributed by atoms with Crippen molar-refractivity contribution in [1.82, 2.24) is 19.9 Å². The molecular weight excluding hydrogens is 560 g/mol. The van der Waals surface area contributed by atoms with Gasteiger partial charge in [0, 0.05) is 43.1 Å². The highest BCUT2D eigenvalue weighted by Crippen LogP contribution is 2.41. The Bertz CT molecular complexity index is 2800. The molecule has 8 bridgehead atoms. The fourth-order valence-corrected chi connectivity index (χ4v) is 7.78. The maximum atomic E-state index is 5.50. The number of aromatic amines is 2. The largest absolute Gasteiger partial charge is 0.352 e. The van der Waals surface area contributed by atoms with E-state index >= 15 is 0 Å². The fourth-order valence-electron chi connectivity index (χ4n) is 7.78. The highest BCUT2D eigenvalue weighted by Gasteiger charge is 2.19. The summed E-state index contributed by atoms with van der Waals surface area (Å²) in [5, 5.41) is 9.10. The average molecular weight is 585 g/mol. The van der Waals surface area contributed by atoms with Gasteiger partial charge in [-0.2, -0.15) is 0 Å². The third kappa shape index (κ3) is 3.12. The summed E-state index contributed by atoms with van der Waals surface area (Å²) < 4.78 is 0. The standard InChI is InChI=1S/C42H24N4/c1-3-9-23(10-4-1)33-21-35-31-15-7-13-25-27-17-18-28-26-14-8-16-32(38(26)46-42(28)41(27)45-37(25)31)36-22-34(24-11-5-2-6-12-24)30-20-19-29(33)39(43-35)40(30)44-36/h1-22,45-46H. The summed E-state index contributed by atoms with van der Waals surface area (Å²) in [4.78, 5) is 18.7. The monoisotopic (exact) mass is 584 g/mol. The summed E-state index contributed by atoms with van der Waals surface area (Å²) in [5.41, 5.74) is 12.7. The third-order valence-electron chi connectivity index (χ3n) is 9.89. The maximum absolute atomic E-state index is 5.50. The van der Waals surface area contributed by atoms with E-state index in [9.17, 15) is 0 Å². The van der Waals surface area contributed by atoms with Crippen LogP contribution in [0.25, 0.3) is 109 Å². The fraction of sp³-hybridized carbons (Fsp3) is 0. The first-order valence-corrected chi connectivity index (χ1v) is 15.7. The van der Waals surface area contributed by atoms with Gasteiger partial charge in [0.2, 0.25) is 0 Å². The lowest BCUT2D eigenvalue weighted by Crippen LogP contribution is -1.93. The molecule has 0 saturated carbocycles. The van der Waals surface area contributed by atoms with Gasteiger partial charge < -0.3 is 9.97 Å². The zero-order chi connectivity index (χ0) is 29.9. The molecule has 5 aromatic heterocycles. The Hall–Kier alpha value is -6.26. The molecule has 0 spiro atoms. The number of fused-ring (bicyclic) bond motifs is 6. The second kappa shape index (κ2) is 8.68. The first kappa shape index (κ1) is 24.1. The molecule has 0 aliphatic carbocycles. The van der Waals surface area contributed by atoms with Gasteiger partial charge in [-0.15, -0.1) is 0 Å². The average Bonchev–Trinajstić information content (AvgIpc) is 3.70. The van der Waals surface area contributed by atoms with E-state index in [1.807, 2.05) is 0 Å². The van der Waals surface area contributed by atoms with Crippen molar-refractivity contribution in [2.45, 2.75) is 0 Å². The van der Waals surface area contributed by atoms with Crippen molar-refractivity contribution >= 4 is 87.2 Å². The van der Waals surface area contributed by atoms with Crippen LogP contribution in [-0.2, 0) is 0 Å². The first-order chi connectivity index (χ1) is 22.8. The molecule has 0 radical (unpaired) electrons. The minimum atomic E-state index is 0.904. The van der Waals surface area contributed by atoms with Crippen LogP contribution in [-0.4, -0.2) is 19.9 Å². The van der Waals surface area contributed by atoms with Gasteiger partial charge in [-0.3, -0.25) is 0 Å². The highest BCUT2D eigenvalue weighted by atomic mass is 14.8. The van der Waals surface area contributed by atoms with Crippen molar-refractivity contribution in [2.24, 2.45) is 0 Å². The lowest BCUT2D eigenvalue weighted by molar-refractivity contribution is 1.45. The second-order valence-corrected chi connectivity index (χ2v) is 12.3. The molecule has 4 heteroatoms. The number of nitrogens with zero attached hydrogens (tertiary/aromatic N) is 2. The molecule has 212 valence electrons. The molecule has 2 N–H and O–H groups in total. The molecule has 0 amide bonds. The van der Waals surface area contributed by atoms with Crippen molar-refractivity contribution in [2.75, 3.05) is 0 Å². The van der Waals surface area contributed by atoms with Crippen molar-refractivity contribution in [1.29, 1.82) is 0 Å². The number of nitrogens with one attached hydrogen (secondary N) is 2. The Morgan fingerprint density at radius 3 is 1.17 bits per heavy atom. The van der Waals surface area contributed by atoms with Crippen LogP contribution in [0, 0.1) is 0 Å². The Kier molecular flexibility index (Phi) is 4.55. The van der Waals surface area contributed by atoms with Gasteiger partial charge in [0.1, 0.15) is 0 Å². The maximum Gasteiger partial charge on any atom is 0.0978 e. The van der Waals surface area contributed by atoms with Gasteiger partial charge in [-0.25, -0.2) is 9.97 Å². The first-order valence-electron chi connectivity index (χ1n) is 15.7. The molecule has 11 aromatic rings. The van der Waals surface area contributed by atoms with Crippen LogP contribution >= 0.6 is 0 Å². The number of rotatable bonds is 2. The molecule has 0 saturated heterocycles. The molecule has 11 rings (SSSR count). The molecular formula is C42H24N4. The van der Waals surface area contributed by atoms with Gasteiger partial charge in [0.05, 0.1) is 44.1 Å². The molecule has 6 aromatic carbocycles.